The number of rotatable bonds is 2. The number of hydrogen-bond donors (Lipinski definition) is 2. The highest BCUT2D eigenvalue weighted by atomic mass is 79.9. The zero-order valence-electron chi connectivity index (χ0n) is 11.7. The first-order valence-electron chi connectivity index (χ1n) is 6.52. The number of halogens is 4. The SMILES string of the molecule is O=c1[nH]c(-c2cc(Br)cc(OC(F)(F)F)c2O)nc2ccccc12. The maximum atomic E-state index is 12.4. The minimum Gasteiger partial charge on any atom is -0.504 e. The first kappa shape index (κ1) is 16.3. The summed E-state index contributed by atoms with van der Waals surface area (Å²) in [6.07, 6.45) is -4.97. The Kier molecular flexibility index (Phi) is 3.96. The smallest absolute Gasteiger partial charge is 0.504 e. The Balaban J connectivity index is 2.21. The summed E-state index contributed by atoms with van der Waals surface area (Å²) in [5, 5.41) is 10.4. The third-order valence-corrected chi connectivity index (χ3v) is 3.59. The van der Waals surface area contributed by atoms with Gasteiger partial charge in [0.05, 0.1) is 16.5 Å². The second-order valence-electron chi connectivity index (χ2n) is 4.78. The zero-order chi connectivity index (χ0) is 17.5. The van der Waals surface area contributed by atoms with E-state index in [-0.39, 0.29) is 15.9 Å². The van der Waals surface area contributed by atoms with Gasteiger partial charge < -0.3 is 14.8 Å². The lowest BCUT2D eigenvalue weighted by molar-refractivity contribution is -0.275. The third-order valence-electron chi connectivity index (χ3n) is 3.13. The molecule has 1 heterocycles. The topological polar surface area (TPSA) is 75.2 Å². The van der Waals surface area contributed by atoms with E-state index in [0.29, 0.717) is 10.9 Å². The zero-order valence-corrected chi connectivity index (χ0v) is 13.3. The summed E-state index contributed by atoms with van der Waals surface area (Å²) >= 11 is 3.04. The summed E-state index contributed by atoms with van der Waals surface area (Å²) in [6.45, 7) is 0. The molecule has 0 atom stereocenters. The number of aromatic nitrogens is 2. The van der Waals surface area contributed by atoms with Crippen LogP contribution in [-0.4, -0.2) is 21.4 Å². The number of aromatic amines is 1. The van der Waals surface area contributed by atoms with Crippen molar-refractivity contribution in [1.82, 2.24) is 9.97 Å². The molecule has 0 saturated heterocycles. The van der Waals surface area contributed by atoms with Gasteiger partial charge in [-0.1, -0.05) is 28.1 Å². The van der Waals surface area contributed by atoms with Gasteiger partial charge in [-0.15, -0.1) is 13.2 Å². The van der Waals surface area contributed by atoms with Crippen molar-refractivity contribution >= 4 is 26.8 Å². The number of nitrogens with zero attached hydrogens (tertiary/aromatic N) is 1. The van der Waals surface area contributed by atoms with Crippen molar-refractivity contribution < 1.29 is 23.0 Å². The number of alkyl halides is 3. The lowest BCUT2D eigenvalue weighted by Gasteiger charge is -2.13. The number of benzene rings is 2. The Morgan fingerprint density at radius 3 is 2.62 bits per heavy atom. The molecule has 9 heteroatoms. The molecule has 0 radical (unpaired) electrons. The van der Waals surface area contributed by atoms with E-state index in [4.69, 9.17) is 0 Å². The van der Waals surface area contributed by atoms with Crippen LogP contribution in [0.5, 0.6) is 11.5 Å². The largest absolute Gasteiger partial charge is 0.573 e. The first-order chi connectivity index (χ1) is 11.2. The van der Waals surface area contributed by atoms with Crippen molar-refractivity contribution in [1.29, 1.82) is 0 Å². The van der Waals surface area contributed by atoms with Crippen LogP contribution in [0.15, 0.2) is 45.7 Å². The average Bonchev–Trinajstić information content (AvgIpc) is 2.49. The quantitative estimate of drug-likeness (QED) is 0.682. The highest BCUT2D eigenvalue weighted by molar-refractivity contribution is 9.10. The molecule has 0 amide bonds. The van der Waals surface area contributed by atoms with Crippen LogP contribution >= 0.6 is 15.9 Å². The molecule has 0 unspecified atom stereocenters. The molecule has 0 spiro atoms. The van der Waals surface area contributed by atoms with Crippen LogP contribution in [0.3, 0.4) is 0 Å². The lowest BCUT2D eigenvalue weighted by Crippen LogP contribution is -2.17. The van der Waals surface area contributed by atoms with Crippen LogP contribution in [-0.2, 0) is 0 Å². The number of fused-ring (bicyclic) bond motifs is 1. The predicted molar refractivity (Wildman–Crippen MR) is 83.8 cm³/mol. The van der Waals surface area contributed by atoms with Crippen LogP contribution in [0, 0.1) is 0 Å². The summed E-state index contributed by atoms with van der Waals surface area (Å²) in [5.41, 5.74) is -0.242. The van der Waals surface area contributed by atoms with E-state index in [1.54, 1.807) is 24.3 Å². The standard InChI is InChI=1S/C15H8BrF3N2O3/c16-7-5-9(12(22)11(6-7)24-15(17,18)19)13-20-10-4-2-1-3-8(10)14(23)21-13/h1-6,22H,(H,20,21,23). The van der Waals surface area contributed by atoms with Crippen LogP contribution < -0.4 is 10.3 Å². The highest BCUT2D eigenvalue weighted by Crippen LogP contribution is 2.40. The van der Waals surface area contributed by atoms with E-state index < -0.39 is 23.4 Å². The molecule has 24 heavy (non-hydrogen) atoms. The summed E-state index contributed by atoms with van der Waals surface area (Å²) in [7, 11) is 0. The van der Waals surface area contributed by atoms with Crippen LogP contribution in [0.2, 0.25) is 0 Å². The molecule has 0 saturated carbocycles. The molecule has 3 rings (SSSR count). The summed E-state index contributed by atoms with van der Waals surface area (Å²) in [6, 6.07) is 8.75. The molecular formula is C15H8BrF3N2O3. The molecule has 2 aromatic carbocycles. The molecule has 1 aromatic heterocycles. The second kappa shape index (κ2) is 5.82. The van der Waals surface area contributed by atoms with E-state index in [1.807, 2.05) is 0 Å². The van der Waals surface area contributed by atoms with Gasteiger partial charge in [0, 0.05) is 4.47 Å². The van der Waals surface area contributed by atoms with Crippen LogP contribution in [0.1, 0.15) is 0 Å². The van der Waals surface area contributed by atoms with Gasteiger partial charge >= 0.3 is 6.36 Å². The molecule has 0 aliphatic carbocycles. The average molecular weight is 401 g/mol. The number of nitrogens with one attached hydrogen (secondary N) is 1. The maximum Gasteiger partial charge on any atom is 0.573 e. The van der Waals surface area contributed by atoms with E-state index in [1.165, 1.54) is 6.07 Å². The van der Waals surface area contributed by atoms with Crippen molar-refractivity contribution in [2.45, 2.75) is 6.36 Å². The van der Waals surface area contributed by atoms with Crippen LogP contribution in [0.4, 0.5) is 13.2 Å². The number of hydrogen-bond acceptors (Lipinski definition) is 4. The Bertz CT molecular complexity index is 986. The second-order valence-corrected chi connectivity index (χ2v) is 5.70. The fraction of sp³-hybridized carbons (Fsp3) is 0.0667. The number of phenolic OH excluding ortho intramolecular Hbond substituents is 1. The number of aromatic hydroxyl groups is 1. The molecule has 2 N–H and O–H groups in total. The minimum absolute atomic E-state index is 0.0791. The van der Waals surface area contributed by atoms with Crippen molar-refractivity contribution in [3.8, 4) is 22.9 Å². The van der Waals surface area contributed by atoms with E-state index >= 15 is 0 Å². The predicted octanol–water partition coefficient (Wildman–Crippen LogP) is 3.96. The molecule has 0 bridgehead atoms. The maximum absolute atomic E-state index is 12.4. The van der Waals surface area contributed by atoms with Gasteiger partial charge in [-0.05, 0) is 24.3 Å². The number of H-pyrrole nitrogens is 1. The van der Waals surface area contributed by atoms with E-state index in [0.717, 1.165) is 6.07 Å². The van der Waals surface area contributed by atoms with Gasteiger partial charge in [0.2, 0.25) is 0 Å². The van der Waals surface area contributed by atoms with Crippen molar-refractivity contribution in [3.63, 3.8) is 0 Å². The van der Waals surface area contributed by atoms with Gasteiger partial charge in [0.1, 0.15) is 5.82 Å². The Hall–Kier alpha value is -2.55. The summed E-state index contributed by atoms with van der Waals surface area (Å²) < 4.78 is 41.3. The van der Waals surface area contributed by atoms with E-state index in [9.17, 15) is 23.1 Å². The van der Waals surface area contributed by atoms with Gasteiger partial charge in [-0.25, -0.2) is 4.98 Å². The molecule has 0 aliphatic heterocycles. The Labute approximate surface area is 140 Å². The van der Waals surface area contributed by atoms with Gasteiger partial charge in [0.15, 0.2) is 11.5 Å². The first-order valence-corrected chi connectivity index (χ1v) is 7.31. The van der Waals surface area contributed by atoms with Crippen molar-refractivity contribution in [2.24, 2.45) is 0 Å². The Morgan fingerprint density at radius 1 is 1.21 bits per heavy atom. The third kappa shape index (κ3) is 3.21. The minimum atomic E-state index is -4.97. The fourth-order valence-corrected chi connectivity index (χ4v) is 2.61. The fourth-order valence-electron chi connectivity index (χ4n) is 2.17. The molecule has 5 nitrogen and oxygen atoms in total. The highest BCUT2D eigenvalue weighted by Gasteiger charge is 2.33. The van der Waals surface area contributed by atoms with Crippen molar-refractivity contribution in [2.75, 3.05) is 0 Å². The summed E-state index contributed by atoms with van der Waals surface area (Å²) in [5.74, 6) is -1.67. The number of ether oxygens (including phenoxy) is 1. The molecule has 0 aliphatic rings. The van der Waals surface area contributed by atoms with Gasteiger partial charge in [-0.2, -0.15) is 0 Å². The van der Waals surface area contributed by atoms with Crippen molar-refractivity contribution in [3.05, 3.63) is 51.2 Å². The number of phenols is 1. The van der Waals surface area contributed by atoms with Gasteiger partial charge in [0.25, 0.3) is 5.56 Å². The normalized spacial score (nSPS) is 11.7. The summed E-state index contributed by atoms with van der Waals surface area (Å²) in [4.78, 5) is 18.7. The molecular weight excluding hydrogens is 393 g/mol. The molecule has 3 aromatic rings. The Morgan fingerprint density at radius 2 is 1.92 bits per heavy atom. The van der Waals surface area contributed by atoms with Crippen LogP contribution in [0.25, 0.3) is 22.3 Å². The van der Waals surface area contributed by atoms with Gasteiger partial charge in [-0.3, -0.25) is 4.79 Å². The number of para-hydroxylation sites is 1. The lowest BCUT2D eigenvalue weighted by atomic mass is 10.1. The van der Waals surface area contributed by atoms with E-state index in [2.05, 4.69) is 30.6 Å². The molecule has 124 valence electrons. The monoisotopic (exact) mass is 400 g/mol. The molecule has 0 fully saturated rings.